The first-order valence-corrected chi connectivity index (χ1v) is 7.16. The molecule has 2 fully saturated rings. The maximum absolute atomic E-state index is 11.7. The van der Waals surface area contributed by atoms with Gasteiger partial charge < -0.3 is 15.2 Å². The number of nitrogens with two attached hydrogens (primary N) is 1. The van der Waals surface area contributed by atoms with Gasteiger partial charge in [-0.2, -0.15) is 17.9 Å². The Morgan fingerprint density at radius 3 is 3.00 bits per heavy atom. The first-order chi connectivity index (χ1) is 8.05. The normalized spacial score (nSPS) is 36.6. The van der Waals surface area contributed by atoms with Crippen LogP contribution in [0.3, 0.4) is 0 Å². The number of nitrogens with one attached hydrogen (secondary N) is 2. The third-order valence-electron chi connectivity index (χ3n) is 3.34. The lowest BCUT2D eigenvalue weighted by atomic mass is 9.73. The van der Waals surface area contributed by atoms with E-state index in [0.29, 0.717) is 19.1 Å². The molecular weight excluding hydrogens is 246 g/mol. The maximum Gasteiger partial charge on any atom is 0.277 e. The van der Waals surface area contributed by atoms with Gasteiger partial charge in [-0.05, 0) is 6.42 Å². The van der Waals surface area contributed by atoms with Crippen molar-refractivity contribution in [3.05, 3.63) is 0 Å². The van der Waals surface area contributed by atoms with Gasteiger partial charge in [0, 0.05) is 32.2 Å². The van der Waals surface area contributed by atoms with Gasteiger partial charge >= 0.3 is 0 Å². The van der Waals surface area contributed by atoms with Crippen molar-refractivity contribution in [3.63, 3.8) is 0 Å². The Morgan fingerprint density at radius 1 is 1.53 bits per heavy atom. The van der Waals surface area contributed by atoms with Gasteiger partial charge in [-0.15, -0.1) is 0 Å². The van der Waals surface area contributed by atoms with E-state index in [-0.39, 0.29) is 24.7 Å². The summed E-state index contributed by atoms with van der Waals surface area (Å²) >= 11 is 0. The smallest absolute Gasteiger partial charge is 0.277 e. The molecule has 8 heteroatoms. The lowest BCUT2D eigenvalue weighted by molar-refractivity contribution is -0.00937. The maximum atomic E-state index is 11.7. The molecule has 4 atom stereocenters. The number of hydrogen-bond acceptors (Lipinski definition) is 5. The molecular formula is C9H19N3O4S. The number of hydrogen-bond donors (Lipinski definition) is 3. The standard InChI is InChI=1S/C9H19N3O4S/c1-15-5-3-11-17(13,14)12-8-7(10)6-2-4-16-9(6)8/h6-9,11-12H,2-5,10H2,1H3. The highest BCUT2D eigenvalue weighted by molar-refractivity contribution is 7.87. The van der Waals surface area contributed by atoms with E-state index in [1.165, 1.54) is 7.11 Å². The van der Waals surface area contributed by atoms with Crippen molar-refractivity contribution in [1.82, 2.24) is 9.44 Å². The third-order valence-corrected chi connectivity index (χ3v) is 4.50. The predicted octanol–water partition coefficient (Wildman–Crippen LogP) is -1.83. The molecule has 1 saturated heterocycles. The van der Waals surface area contributed by atoms with Crippen LogP contribution in [-0.4, -0.2) is 53.5 Å². The lowest BCUT2D eigenvalue weighted by Gasteiger charge is -2.45. The highest BCUT2D eigenvalue weighted by Gasteiger charge is 2.53. The van der Waals surface area contributed by atoms with Gasteiger partial charge in [0.05, 0.1) is 18.8 Å². The van der Waals surface area contributed by atoms with E-state index < -0.39 is 10.2 Å². The summed E-state index contributed by atoms with van der Waals surface area (Å²) in [6.07, 6.45) is 0.852. The van der Waals surface area contributed by atoms with Crippen molar-refractivity contribution in [2.75, 3.05) is 26.9 Å². The fourth-order valence-corrected chi connectivity index (χ4v) is 3.48. The summed E-state index contributed by atoms with van der Waals surface area (Å²) in [5, 5.41) is 0. The molecule has 4 unspecified atom stereocenters. The van der Waals surface area contributed by atoms with Crippen LogP contribution in [0.25, 0.3) is 0 Å². The number of methoxy groups -OCH3 is 1. The van der Waals surface area contributed by atoms with Gasteiger partial charge in [-0.3, -0.25) is 0 Å². The van der Waals surface area contributed by atoms with E-state index in [9.17, 15) is 8.42 Å². The SMILES string of the molecule is COCCNS(=O)(=O)NC1C(N)C2CCOC21. The van der Waals surface area contributed by atoms with Crippen LogP contribution in [0.1, 0.15) is 6.42 Å². The van der Waals surface area contributed by atoms with Crippen LogP contribution in [0.2, 0.25) is 0 Å². The van der Waals surface area contributed by atoms with Gasteiger partial charge in [0.1, 0.15) is 0 Å². The second kappa shape index (κ2) is 5.17. The zero-order valence-electron chi connectivity index (χ0n) is 9.76. The molecule has 7 nitrogen and oxygen atoms in total. The lowest BCUT2D eigenvalue weighted by Crippen LogP contribution is -2.69. The van der Waals surface area contributed by atoms with Crippen molar-refractivity contribution in [2.45, 2.75) is 24.6 Å². The van der Waals surface area contributed by atoms with E-state index in [4.69, 9.17) is 15.2 Å². The fourth-order valence-electron chi connectivity index (χ4n) is 2.39. The minimum absolute atomic E-state index is 0.0657. The summed E-state index contributed by atoms with van der Waals surface area (Å²) in [5.41, 5.74) is 5.91. The predicted molar refractivity (Wildman–Crippen MR) is 61.5 cm³/mol. The van der Waals surface area contributed by atoms with Crippen LogP contribution in [-0.2, 0) is 19.7 Å². The first kappa shape index (κ1) is 13.2. The van der Waals surface area contributed by atoms with E-state index >= 15 is 0 Å². The molecule has 0 radical (unpaired) electrons. The average molecular weight is 265 g/mol. The van der Waals surface area contributed by atoms with Gasteiger partial charge in [0.15, 0.2) is 0 Å². The van der Waals surface area contributed by atoms with Crippen molar-refractivity contribution >= 4 is 10.2 Å². The Morgan fingerprint density at radius 2 is 2.29 bits per heavy atom. The fraction of sp³-hybridized carbons (Fsp3) is 1.00. The number of rotatable bonds is 6. The van der Waals surface area contributed by atoms with Crippen LogP contribution in [0.15, 0.2) is 0 Å². The van der Waals surface area contributed by atoms with Crippen LogP contribution in [0.4, 0.5) is 0 Å². The molecule has 1 heterocycles. The zero-order chi connectivity index (χ0) is 12.5. The van der Waals surface area contributed by atoms with Crippen LogP contribution in [0.5, 0.6) is 0 Å². The summed E-state index contributed by atoms with van der Waals surface area (Å²) in [4.78, 5) is 0. The summed E-state index contributed by atoms with van der Waals surface area (Å²) in [6, 6.07) is -0.468. The van der Waals surface area contributed by atoms with Crippen LogP contribution < -0.4 is 15.2 Å². The van der Waals surface area contributed by atoms with Gasteiger partial charge in [-0.25, -0.2) is 0 Å². The molecule has 0 aromatic heterocycles. The summed E-state index contributed by atoms with van der Waals surface area (Å²) in [7, 11) is -2.01. The zero-order valence-corrected chi connectivity index (χ0v) is 10.6. The molecule has 2 rings (SSSR count). The van der Waals surface area contributed by atoms with E-state index in [1.54, 1.807) is 0 Å². The minimum Gasteiger partial charge on any atom is -0.383 e. The van der Waals surface area contributed by atoms with Crippen LogP contribution >= 0.6 is 0 Å². The molecule has 1 aliphatic carbocycles. The second-order valence-corrected chi connectivity index (χ2v) is 5.93. The molecule has 17 heavy (non-hydrogen) atoms. The number of fused-ring (bicyclic) bond motifs is 1. The Balaban J connectivity index is 1.84. The molecule has 0 bridgehead atoms. The Hall–Kier alpha value is -0.250. The van der Waals surface area contributed by atoms with E-state index in [2.05, 4.69) is 9.44 Å². The summed E-state index contributed by atoms with van der Waals surface area (Å²) < 4.78 is 38.4. The topological polar surface area (TPSA) is 103 Å². The molecule has 0 spiro atoms. The molecule has 0 aromatic rings. The minimum atomic E-state index is -3.53. The van der Waals surface area contributed by atoms with Crippen molar-refractivity contribution < 1.29 is 17.9 Å². The molecule has 1 aliphatic heterocycles. The Kier molecular flexibility index (Phi) is 4.01. The molecule has 2 aliphatic rings. The average Bonchev–Trinajstić information content (AvgIpc) is 2.71. The molecule has 100 valence electrons. The largest absolute Gasteiger partial charge is 0.383 e. The summed E-state index contributed by atoms with van der Waals surface area (Å²) in [5.74, 6) is 0.293. The highest BCUT2D eigenvalue weighted by Crippen LogP contribution is 2.37. The Bertz CT molecular complexity index is 361. The quantitative estimate of drug-likeness (QED) is 0.490. The molecule has 0 aromatic carbocycles. The summed E-state index contributed by atoms with van der Waals surface area (Å²) in [6.45, 7) is 1.24. The first-order valence-electron chi connectivity index (χ1n) is 5.68. The van der Waals surface area contributed by atoms with Crippen molar-refractivity contribution in [2.24, 2.45) is 11.7 Å². The van der Waals surface area contributed by atoms with Gasteiger partial charge in [0.25, 0.3) is 10.2 Å². The molecule has 0 amide bonds. The molecule has 1 saturated carbocycles. The van der Waals surface area contributed by atoms with Crippen molar-refractivity contribution in [3.8, 4) is 0 Å². The second-order valence-electron chi connectivity index (χ2n) is 4.40. The highest BCUT2D eigenvalue weighted by atomic mass is 32.2. The monoisotopic (exact) mass is 265 g/mol. The van der Waals surface area contributed by atoms with Crippen molar-refractivity contribution in [1.29, 1.82) is 0 Å². The number of ether oxygens (including phenoxy) is 2. The third kappa shape index (κ3) is 2.78. The van der Waals surface area contributed by atoms with Gasteiger partial charge in [-0.1, -0.05) is 0 Å². The van der Waals surface area contributed by atoms with E-state index in [1.807, 2.05) is 0 Å². The Labute approximate surface area is 101 Å². The van der Waals surface area contributed by atoms with Crippen LogP contribution in [0, 0.1) is 5.92 Å². The van der Waals surface area contributed by atoms with E-state index in [0.717, 1.165) is 6.42 Å². The molecule has 4 N–H and O–H groups in total. The van der Waals surface area contributed by atoms with Gasteiger partial charge in [0.2, 0.25) is 0 Å².